The molecule has 0 amide bonds. The quantitative estimate of drug-likeness (QED) is 0.416. The predicted molar refractivity (Wildman–Crippen MR) is 111 cm³/mol. The van der Waals surface area contributed by atoms with Crippen LogP contribution in [0.3, 0.4) is 0 Å². The van der Waals surface area contributed by atoms with Crippen LogP contribution in [0.5, 0.6) is 5.75 Å². The van der Waals surface area contributed by atoms with Gasteiger partial charge in [0, 0.05) is 33.9 Å². The lowest BCUT2D eigenvalue weighted by atomic mass is 10.2. The molecular weight excluding hydrogens is 376 g/mol. The van der Waals surface area contributed by atoms with Crippen LogP contribution in [-0.4, -0.2) is 70.3 Å². The van der Waals surface area contributed by atoms with Crippen molar-refractivity contribution in [3.63, 3.8) is 0 Å². The van der Waals surface area contributed by atoms with Crippen LogP contribution in [-0.2, 0) is 0 Å². The first kappa shape index (κ1) is 19.9. The zero-order valence-corrected chi connectivity index (χ0v) is 17.5. The largest absolute Gasteiger partial charge is 0.493 e. The molecule has 0 unspecified atom stereocenters. The van der Waals surface area contributed by atoms with E-state index in [1.54, 1.807) is 11.0 Å². The molecular formula is C18H24N8OS. The van der Waals surface area contributed by atoms with Crippen LogP contribution in [0.1, 0.15) is 5.56 Å². The number of ether oxygens (including phenoxy) is 1. The van der Waals surface area contributed by atoms with Gasteiger partial charge in [0.15, 0.2) is 0 Å². The van der Waals surface area contributed by atoms with Gasteiger partial charge in [-0.3, -0.25) is 0 Å². The molecule has 3 aromatic rings. The average molecular weight is 401 g/mol. The number of aryl methyl sites for hydroxylation is 1. The number of thioether (sulfide) groups is 1. The third-order valence-electron chi connectivity index (χ3n) is 3.68. The zero-order valence-electron chi connectivity index (χ0n) is 16.7. The number of benzene rings is 1. The van der Waals surface area contributed by atoms with Gasteiger partial charge in [0.05, 0.1) is 6.61 Å². The van der Waals surface area contributed by atoms with Crippen molar-refractivity contribution in [1.29, 1.82) is 0 Å². The molecule has 0 spiro atoms. The van der Waals surface area contributed by atoms with Crippen LogP contribution in [0.15, 0.2) is 35.7 Å². The van der Waals surface area contributed by atoms with Crippen molar-refractivity contribution in [1.82, 2.24) is 29.7 Å². The van der Waals surface area contributed by atoms with E-state index in [4.69, 9.17) is 4.74 Å². The van der Waals surface area contributed by atoms with E-state index in [-0.39, 0.29) is 0 Å². The van der Waals surface area contributed by atoms with Crippen LogP contribution in [0.25, 0.3) is 5.95 Å². The normalized spacial score (nSPS) is 10.8. The first-order valence-electron chi connectivity index (χ1n) is 8.77. The summed E-state index contributed by atoms with van der Waals surface area (Å²) in [7, 11) is 7.54. The van der Waals surface area contributed by atoms with Crippen molar-refractivity contribution >= 4 is 23.7 Å². The Morgan fingerprint density at radius 1 is 0.964 bits per heavy atom. The predicted octanol–water partition coefficient (Wildman–Crippen LogP) is 2.06. The SMILES string of the molecule is Cc1ccc(OCCSc2ncn(-c3nc(N(C)C)nc(N(C)C)n3)n2)cc1. The Bertz CT molecular complexity index is 884. The van der Waals surface area contributed by atoms with Gasteiger partial charge in [-0.25, -0.2) is 4.98 Å². The van der Waals surface area contributed by atoms with Gasteiger partial charge in [-0.15, -0.1) is 5.10 Å². The third kappa shape index (κ3) is 5.10. The Kier molecular flexibility index (Phi) is 6.30. The molecule has 9 nitrogen and oxygen atoms in total. The summed E-state index contributed by atoms with van der Waals surface area (Å²) in [6, 6.07) is 8.01. The highest BCUT2D eigenvalue weighted by Crippen LogP contribution is 2.17. The van der Waals surface area contributed by atoms with Crippen molar-refractivity contribution in [3.8, 4) is 11.7 Å². The lowest BCUT2D eigenvalue weighted by Crippen LogP contribution is -2.20. The summed E-state index contributed by atoms with van der Waals surface area (Å²) in [5.41, 5.74) is 1.21. The van der Waals surface area contributed by atoms with Crippen molar-refractivity contribution in [2.24, 2.45) is 0 Å². The maximum atomic E-state index is 5.73. The fourth-order valence-corrected chi connectivity index (χ4v) is 2.80. The molecule has 0 atom stereocenters. The second-order valence-electron chi connectivity index (χ2n) is 6.51. The summed E-state index contributed by atoms with van der Waals surface area (Å²) < 4.78 is 7.29. The maximum Gasteiger partial charge on any atom is 0.258 e. The zero-order chi connectivity index (χ0) is 20.1. The number of aromatic nitrogens is 6. The minimum absolute atomic E-state index is 0.428. The van der Waals surface area contributed by atoms with Crippen LogP contribution < -0.4 is 14.5 Å². The first-order valence-corrected chi connectivity index (χ1v) is 9.76. The second-order valence-corrected chi connectivity index (χ2v) is 7.57. The number of nitrogens with zero attached hydrogens (tertiary/aromatic N) is 8. The molecule has 0 fully saturated rings. The van der Waals surface area contributed by atoms with Gasteiger partial charge in [0.2, 0.25) is 17.1 Å². The molecule has 0 bridgehead atoms. The van der Waals surface area contributed by atoms with E-state index in [9.17, 15) is 0 Å². The second kappa shape index (κ2) is 8.87. The Balaban J connectivity index is 1.62. The summed E-state index contributed by atoms with van der Waals surface area (Å²) in [4.78, 5) is 21.3. The van der Waals surface area contributed by atoms with E-state index >= 15 is 0 Å². The molecule has 28 heavy (non-hydrogen) atoms. The molecule has 0 radical (unpaired) electrons. The average Bonchev–Trinajstić information content (AvgIpc) is 3.15. The molecule has 10 heteroatoms. The maximum absolute atomic E-state index is 5.73. The minimum Gasteiger partial charge on any atom is -0.493 e. The molecule has 0 N–H and O–H groups in total. The lowest BCUT2D eigenvalue weighted by Gasteiger charge is -2.15. The number of anilines is 2. The van der Waals surface area contributed by atoms with Gasteiger partial charge >= 0.3 is 0 Å². The van der Waals surface area contributed by atoms with Crippen molar-refractivity contribution in [2.45, 2.75) is 12.1 Å². The molecule has 0 aliphatic heterocycles. The Labute approximate surface area is 168 Å². The lowest BCUT2D eigenvalue weighted by molar-refractivity contribution is 0.344. The first-order chi connectivity index (χ1) is 13.4. The van der Waals surface area contributed by atoms with Crippen LogP contribution in [0.4, 0.5) is 11.9 Å². The van der Waals surface area contributed by atoms with E-state index in [1.165, 1.54) is 17.3 Å². The van der Waals surface area contributed by atoms with Crippen LogP contribution >= 0.6 is 11.8 Å². The van der Waals surface area contributed by atoms with E-state index in [0.717, 1.165) is 11.5 Å². The Hall–Kier alpha value is -2.88. The molecule has 0 saturated heterocycles. The fourth-order valence-electron chi connectivity index (χ4n) is 2.18. The molecule has 1 aromatic carbocycles. The van der Waals surface area contributed by atoms with Crippen molar-refractivity contribution in [3.05, 3.63) is 36.2 Å². The third-order valence-corrected chi connectivity index (χ3v) is 4.50. The van der Waals surface area contributed by atoms with E-state index in [2.05, 4.69) is 32.0 Å². The molecule has 2 aromatic heterocycles. The smallest absolute Gasteiger partial charge is 0.258 e. The fraction of sp³-hybridized carbons (Fsp3) is 0.389. The summed E-state index contributed by atoms with van der Waals surface area (Å²) in [5, 5.41) is 5.10. The minimum atomic E-state index is 0.428. The molecule has 2 heterocycles. The highest BCUT2D eigenvalue weighted by Gasteiger charge is 2.13. The Morgan fingerprint density at radius 2 is 1.61 bits per heavy atom. The summed E-state index contributed by atoms with van der Waals surface area (Å²) >= 11 is 1.52. The van der Waals surface area contributed by atoms with Gasteiger partial charge in [-0.05, 0) is 19.1 Å². The van der Waals surface area contributed by atoms with Crippen LogP contribution in [0, 0.1) is 6.92 Å². The van der Waals surface area contributed by atoms with Gasteiger partial charge in [-0.2, -0.15) is 19.6 Å². The van der Waals surface area contributed by atoms with Gasteiger partial charge in [-0.1, -0.05) is 29.5 Å². The van der Waals surface area contributed by atoms with Crippen LogP contribution in [0.2, 0.25) is 0 Å². The van der Waals surface area contributed by atoms with E-state index < -0.39 is 0 Å². The molecule has 0 saturated carbocycles. The van der Waals surface area contributed by atoms with Crippen molar-refractivity contribution < 1.29 is 4.74 Å². The molecule has 0 aliphatic carbocycles. The topological polar surface area (TPSA) is 85.1 Å². The summed E-state index contributed by atoms with van der Waals surface area (Å²) in [5.74, 6) is 3.15. The van der Waals surface area contributed by atoms with Crippen molar-refractivity contribution in [2.75, 3.05) is 50.4 Å². The molecule has 3 rings (SSSR count). The number of rotatable bonds is 8. The van der Waals surface area contributed by atoms with Gasteiger partial charge in [0.25, 0.3) is 5.95 Å². The number of hydrogen-bond donors (Lipinski definition) is 0. The summed E-state index contributed by atoms with van der Waals surface area (Å²) in [6.07, 6.45) is 1.61. The highest BCUT2D eigenvalue weighted by molar-refractivity contribution is 7.99. The van der Waals surface area contributed by atoms with Gasteiger partial charge in [0.1, 0.15) is 12.1 Å². The summed E-state index contributed by atoms with van der Waals surface area (Å²) in [6.45, 7) is 2.63. The number of hydrogen-bond acceptors (Lipinski definition) is 9. The highest BCUT2D eigenvalue weighted by atomic mass is 32.2. The van der Waals surface area contributed by atoms with E-state index in [1.807, 2.05) is 62.3 Å². The standard InChI is InChI=1S/C18H24N8OS/c1-13-6-8-14(9-7-13)27-10-11-28-18-19-12-26(23-18)17-21-15(24(2)3)20-16(22-17)25(4)5/h6-9,12H,10-11H2,1-5H3. The molecule has 148 valence electrons. The van der Waals surface area contributed by atoms with E-state index in [0.29, 0.717) is 29.6 Å². The van der Waals surface area contributed by atoms with Gasteiger partial charge < -0.3 is 14.5 Å². The molecule has 0 aliphatic rings. The monoisotopic (exact) mass is 400 g/mol. The Morgan fingerprint density at radius 3 is 2.21 bits per heavy atom.